The minimum absolute atomic E-state index is 0.0450. The molecule has 138 valence electrons. The molecule has 0 saturated heterocycles. The number of amides is 1. The lowest BCUT2D eigenvalue weighted by atomic mass is 9.49. The van der Waals surface area contributed by atoms with Crippen LogP contribution >= 0.6 is 11.6 Å². The molecule has 0 heterocycles. The van der Waals surface area contributed by atoms with Crippen LogP contribution in [-0.4, -0.2) is 28.9 Å². The molecular weight excluding hydrogens is 340 g/mol. The summed E-state index contributed by atoms with van der Waals surface area (Å²) in [5.74, 6) is 0.240. The van der Waals surface area contributed by atoms with Crippen LogP contribution in [0.3, 0.4) is 0 Å². The van der Waals surface area contributed by atoms with Gasteiger partial charge < -0.3 is 10.1 Å². The second kappa shape index (κ2) is 6.16. The third kappa shape index (κ3) is 3.38. The van der Waals surface area contributed by atoms with Gasteiger partial charge in [0, 0.05) is 4.87 Å². The van der Waals surface area contributed by atoms with Crippen LogP contribution in [-0.2, 0) is 14.3 Å². The average molecular weight is 367 g/mol. The van der Waals surface area contributed by atoms with Crippen molar-refractivity contribution in [1.29, 1.82) is 5.26 Å². The summed E-state index contributed by atoms with van der Waals surface area (Å²) in [6, 6.07) is 2.12. The highest BCUT2D eigenvalue weighted by atomic mass is 35.5. The van der Waals surface area contributed by atoms with E-state index in [-0.39, 0.29) is 23.4 Å². The molecule has 0 aromatic heterocycles. The molecule has 0 aromatic carbocycles. The lowest BCUT2D eigenvalue weighted by molar-refractivity contribution is -0.172. The van der Waals surface area contributed by atoms with Gasteiger partial charge >= 0.3 is 5.97 Å². The van der Waals surface area contributed by atoms with Crippen LogP contribution in [0.5, 0.6) is 0 Å². The normalized spacial score (nSPS) is 38.1. The van der Waals surface area contributed by atoms with E-state index in [9.17, 15) is 14.9 Å². The van der Waals surface area contributed by atoms with Crippen LogP contribution in [0.25, 0.3) is 0 Å². The number of hydrogen-bond acceptors (Lipinski definition) is 4. The molecule has 4 fully saturated rings. The Labute approximate surface area is 154 Å². The van der Waals surface area contributed by atoms with Crippen LogP contribution < -0.4 is 5.32 Å². The highest BCUT2D eigenvalue weighted by Crippen LogP contribution is 2.64. The molecule has 4 bridgehead atoms. The molecule has 0 radical (unpaired) electrons. The van der Waals surface area contributed by atoms with Gasteiger partial charge in [-0.3, -0.25) is 9.59 Å². The maximum atomic E-state index is 12.8. The summed E-state index contributed by atoms with van der Waals surface area (Å²) in [6.07, 6.45) is 5.49. The number of alkyl halides is 1. The first-order valence-corrected chi connectivity index (χ1v) is 9.56. The van der Waals surface area contributed by atoms with Crippen LogP contribution in [0.4, 0.5) is 0 Å². The van der Waals surface area contributed by atoms with Crippen molar-refractivity contribution >= 4 is 23.5 Å². The minimum atomic E-state index is -0.968. The molecule has 1 amide bonds. The first-order valence-electron chi connectivity index (χ1n) is 9.18. The Bertz CT molecular complexity index is 613. The summed E-state index contributed by atoms with van der Waals surface area (Å²) in [6.45, 7) is 5.07. The SMILES string of the molecule is CC(C)[C@@](C)(C#N)NC(=O)COC(=O)C12C[C@H]3C[C@@H](CC(Cl)(C3)C1)C2. The van der Waals surface area contributed by atoms with Gasteiger partial charge in [0.05, 0.1) is 11.5 Å². The average Bonchev–Trinajstić information content (AvgIpc) is 2.49. The van der Waals surface area contributed by atoms with E-state index in [2.05, 4.69) is 11.4 Å². The van der Waals surface area contributed by atoms with E-state index in [1.165, 1.54) is 6.42 Å². The Morgan fingerprint density at radius 2 is 1.92 bits per heavy atom. The topological polar surface area (TPSA) is 79.2 Å². The van der Waals surface area contributed by atoms with Gasteiger partial charge in [-0.1, -0.05) is 13.8 Å². The zero-order chi connectivity index (χ0) is 18.5. The largest absolute Gasteiger partial charge is 0.455 e. The number of rotatable bonds is 5. The monoisotopic (exact) mass is 366 g/mol. The van der Waals surface area contributed by atoms with Crippen molar-refractivity contribution in [3.8, 4) is 6.07 Å². The fourth-order valence-electron chi connectivity index (χ4n) is 5.30. The molecule has 4 rings (SSSR count). The molecule has 0 aliphatic heterocycles. The quantitative estimate of drug-likeness (QED) is 0.598. The van der Waals surface area contributed by atoms with Crippen molar-refractivity contribution in [2.45, 2.75) is 69.7 Å². The van der Waals surface area contributed by atoms with Gasteiger partial charge in [0.15, 0.2) is 6.61 Å². The summed E-state index contributed by atoms with van der Waals surface area (Å²) in [7, 11) is 0. The highest BCUT2D eigenvalue weighted by molar-refractivity contribution is 6.24. The second-order valence-electron chi connectivity index (χ2n) is 8.99. The molecule has 0 aromatic rings. The molecule has 0 unspecified atom stereocenters. The number of nitriles is 1. The molecule has 4 aliphatic carbocycles. The highest BCUT2D eigenvalue weighted by Gasteiger charge is 2.60. The van der Waals surface area contributed by atoms with Gasteiger partial charge in [-0.2, -0.15) is 5.26 Å². The second-order valence-corrected chi connectivity index (χ2v) is 9.79. The molecule has 1 N–H and O–H groups in total. The van der Waals surface area contributed by atoms with Crippen molar-refractivity contribution in [2.75, 3.05) is 6.61 Å². The van der Waals surface area contributed by atoms with Crippen molar-refractivity contribution in [3.63, 3.8) is 0 Å². The summed E-state index contributed by atoms with van der Waals surface area (Å²) < 4.78 is 5.38. The van der Waals surface area contributed by atoms with Gasteiger partial charge in [-0.25, -0.2) is 0 Å². The Morgan fingerprint density at radius 3 is 2.40 bits per heavy atom. The van der Waals surface area contributed by atoms with Gasteiger partial charge in [0.2, 0.25) is 0 Å². The number of halogens is 1. The van der Waals surface area contributed by atoms with Gasteiger partial charge in [-0.05, 0) is 63.2 Å². The lowest BCUT2D eigenvalue weighted by Crippen LogP contribution is -2.57. The smallest absolute Gasteiger partial charge is 0.312 e. The van der Waals surface area contributed by atoms with E-state index in [1.54, 1.807) is 6.92 Å². The number of carbonyl (C=O) groups is 2. The zero-order valence-corrected chi connectivity index (χ0v) is 16.0. The molecular formula is C19H27ClN2O3. The lowest BCUT2D eigenvalue weighted by Gasteiger charge is -2.58. The first-order chi connectivity index (χ1) is 11.6. The summed E-state index contributed by atoms with van der Waals surface area (Å²) in [5.41, 5.74) is -1.48. The number of nitrogens with zero attached hydrogens (tertiary/aromatic N) is 1. The molecule has 5 nitrogen and oxygen atoms in total. The molecule has 0 spiro atoms. The van der Waals surface area contributed by atoms with E-state index in [0.29, 0.717) is 18.3 Å². The van der Waals surface area contributed by atoms with Crippen LogP contribution in [0.1, 0.15) is 59.3 Å². The summed E-state index contributed by atoms with van der Waals surface area (Å²) >= 11 is 6.74. The maximum Gasteiger partial charge on any atom is 0.312 e. The molecule has 6 heteroatoms. The predicted molar refractivity (Wildman–Crippen MR) is 93.7 cm³/mol. The van der Waals surface area contributed by atoms with E-state index in [1.807, 2.05) is 13.8 Å². The number of ether oxygens (including phenoxy) is 1. The Balaban J connectivity index is 1.60. The number of esters is 1. The number of hydrogen-bond donors (Lipinski definition) is 1. The molecule has 4 saturated carbocycles. The van der Waals surface area contributed by atoms with E-state index in [4.69, 9.17) is 16.3 Å². The maximum absolute atomic E-state index is 12.8. The van der Waals surface area contributed by atoms with Crippen molar-refractivity contribution < 1.29 is 14.3 Å². The first kappa shape index (κ1) is 18.5. The predicted octanol–water partition coefficient (Wildman–Crippen LogP) is 3.16. The minimum Gasteiger partial charge on any atom is -0.455 e. The summed E-state index contributed by atoms with van der Waals surface area (Å²) in [4.78, 5) is 24.7. The van der Waals surface area contributed by atoms with Crippen molar-refractivity contribution in [2.24, 2.45) is 23.2 Å². The van der Waals surface area contributed by atoms with Crippen LogP contribution in [0.2, 0.25) is 0 Å². The van der Waals surface area contributed by atoms with E-state index >= 15 is 0 Å². The van der Waals surface area contributed by atoms with Gasteiger partial charge in [-0.15, -0.1) is 11.6 Å². The standard InChI is InChI=1S/C19H27ClN2O3/c1-12(2)17(3,11-21)22-15(23)9-25-16(24)18-5-13-4-14(6-18)8-19(20,7-13)10-18/h12-14H,4-10H2,1-3H3,(H,22,23)/t13-,14-,17-,18?,19?/m1/s1. The van der Waals surface area contributed by atoms with E-state index in [0.717, 1.165) is 25.7 Å². The fraction of sp³-hybridized carbons (Fsp3) is 0.842. The summed E-state index contributed by atoms with van der Waals surface area (Å²) in [5, 5.41) is 12.0. The van der Waals surface area contributed by atoms with E-state index < -0.39 is 16.9 Å². The molecule has 25 heavy (non-hydrogen) atoms. The van der Waals surface area contributed by atoms with Crippen molar-refractivity contribution in [3.05, 3.63) is 0 Å². The third-order valence-electron chi connectivity index (χ3n) is 6.54. The number of nitrogens with one attached hydrogen (secondary N) is 1. The van der Waals surface area contributed by atoms with Crippen LogP contribution in [0, 0.1) is 34.5 Å². The Hall–Kier alpha value is -1.28. The van der Waals surface area contributed by atoms with Gasteiger partial charge in [0.25, 0.3) is 5.91 Å². The van der Waals surface area contributed by atoms with Crippen molar-refractivity contribution in [1.82, 2.24) is 5.32 Å². The Kier molecular flexibility index (Phi) is 4.56. The van der Waals surface area contributed by atoms with Crippen LogP contribution in [0.15, 0.2) is 0 Å². The molecule has 4 aliphatic rings. The Morgan fingerprint density at radius 1 is 1.32 bits per heavy atom. The fourth-order valence-corrected chi connectivity index (χ4v) is 5.99. The zero-order valence-electron chi connectivity index (χ0n) is 15.2. The third-order valence-corrected chi connectivity index (χ3v) is 6.99. The number of carbonyl (C=O) groups excluding carboxylic acids is 2. The molecule has 3 atom stereocenters. The van der Waals surface area contributed by atoms with Gasteiger partial charge in [0.1, 0.15) is 5.54 Å².